The van der Waals surface area contributed by atoms with Crippen LogP contribution in [0.1, 0.15) is 35.4 Å². The summed E-state index contributed by atoms with van der Waals surface area (Å²) in [5, 5.41) is 4.69. The third-order valence-electron chi connectivity index (χ3n) is 5.39. The number of hydrogen-bond acceptors (Lipinski definition) is 6. The van der Waals surface area contributed by atoms with E-state index in [0.717, 1.165) is 36.9 Å². The number of nitrogens with zero attached hydrogens (tertiary/aromatic N) is 3. The molecule has 6 nitrogen and oxygen atoms in total. The van der Waals surface area contributed by atoms with Crippen LogP contribution in [-0.4, -0.2) is 34.2 Å². The molecule has 3 aliphatic rings. The Kier molecular flexibility index (Phi) is 3.94. The van der Waals surface area contributed by atoms with Gasteiger partial charge in [0.2, 0.25) is 0 Å². The molecule has 5 rings (SSSR count). The number of ether oxygens (including phenoxy) is 1. The fraction of sp³-hybridized carbons (Fsp3) is 0.350. The summed E-state index contributed by atoms with van der Waals surface area (Å²) < 4.78 is 11.3. The maximum absolute atomic E-state index is 12.3. The first kappa shape index (κ1) is 16.8. The summed E-state index contributed by atoms with van der Waals surface area (Å²) in [6.07, 6.45) is 3.54. The van der Waals surface area contributed by atoms with E-state index in [1.807, 2.05) is 6.92 Å². The number of amidine groups is 1. The van der Waals surface area contributed by atoms with Gasteiger partial charge in [-0.1, -0.05) is 29.4 Å². The number of aryl methyl sites for hydroxylation is 1. The van der Waals surface area contributed by atoms with Crippen molar-refractivity contribution in [1.29, 1.82) is 0 Å². The molecule has 0 radical (unpaired) electrons. The minimum absolute atomic E-state index is 0.183. The van der Waals surface area contributed by atoms with Gasteiger partial charge >= 0.3 is 0 Å². The van der Waals surface area contributed by atoms with Crippen LogP contribution in [0.4, 0.5) is 0 Å². The van der Waals surface area contributed by atoms with Crippen molar-refractivity contribution in [1.82, 2.24) is 10.1 Å². The lowest BCUT2D eigenvalue weighted by Gasteiger charge is -2.39. The van der Waals surface area contributed by atoms with Gasteiger partial charge in [-0.2, -0.15) is 4.99 Å². The average Bonchev–Trinajstić information content (AvgIpc) is 3.36. The van der Waals surface area contributed by atoms with E-state index in [9.17, 15) is 4.79 Å². The molecule has 2 aromatic rings. The number of hydrogen-bond donors (Lipinski definition) is 0. The van der Waals surface area contributed by atoms with E-state index in [-0.39, 0.29) is 11.5 Å². The first-order valence-corrected chi connectivity index (χ1v) is 9.88. The molecule has 27 heavy (non-hydrogen) atoms. The second-order valence-corrected chi connectivity index (χ2v) is 8.11. The van der Waals surface area contributed by atoms with Crippen LogP contribution >= 0.6 is 11.8 Å². The van der Waals surface area contributed by atoms with E-state index in [2.05, 4.69) is 39.3 Å². The Hall–Kier alpha value is -2.38. The third-order valence-corrected chi connectivity index (χ3v) is 6.43. The van der Waals surface area contributed by atoms with E-state index < -0.39 is 0 Å². The van der Waals surface area contributed by atoms with Crippen LogP contribution in [0.3, 0.4) is 0 Å². The van der Waals surface area contributed by atoms with E-state index in [1.165, 1.54) is 22.9 Å². The number of carbonyl (C=O) groups excluding carboxylic acids is 1. The summed E-state index contributed by atoms with van der Waals surface area (Å²) in [6.45, 7) is 4.16. The number of benzene rings is 1. The Balaban J connectivity index is 1.29. The van der Waals surface area contributed by atoms with Crippen LogP contribution in [0, 0.1) is 6.92 Å². The highest BCUT2D eigenvalue weighted by Crippen LogP contribution is 2.45. The summed E-state index contributed by atoms with van der Waals surface area (Å²) >= 11 is 1.41. The molecule has 1 aromatic carbocycles. The number of fused-ring (bicyclic) bond motifs is 2. The Morgan fingerprint density at radius 3 is 2.85 bits per heavy atom. The van der Waals surface area contributed by atoms with Gasteiger partial charge < -0.3 is 14.2 Å². The van der Waals surface area contributed by atoms with Crippen LogP contribution in [0.25, 0.3) is 6.08 Å². The van der Waals surface area contributed by atoms with E-state index in [4.69, 9.17) is 9.26 Å². The van der Waals surface area contributed by atoms with Crippen molar-refractivity contribution in [2.24, 2.45) is 4.99 Å². The minimum atomic E-state index is -0.210. The number of rotatable bonds is 1. The maximum atomic E-state index is 12.3. The second-order valence-electron chi connectivity index (χ2n) is 7.10. The van der Waals surface area contributed by atoms with Gasteiger partial charge in [0.25, 0.3) is 5.91 Å². The maximum Gasteiger partial charge on any atom is 0.286 e. The van der Waals surface area contributed by atoms with Gasteiger partial charge in [0.1, 0.15) is 11.5 Å². The largest absolute Gasteiger partial charge is 0.365 e. The highest BCUT2D eigenvalue weighted by Gasteiger charge is 2.43. The van der Waals surface area contributed by atoms with Crippen molar-refractivity contribution in [3.05, 3.63) is 57.8 Å². The molecule has 1 aromatic heterocycles. The number of thioether (sulfide) groups is 1. The smallest absolute Gasteiger partial charge is 0.286 e. The van der Waals surface area contributed by atoms with Crippen molar-refractivity contribution in [3.8, 4) is 0 Å². The molecule has 0 bridgehead atoms. The van der Waals surface area contributed by atoms with Crippen molar-refractivity contribution in [2.45, 2.75) is 32.0 Å². The molecule has 1 fully saturated rings. The number of aromatic nitrogens is 1. The van der Waals surface area contributed by atoms with Crippen molar-refractivity contribution < 1.29 is 14.1 Å². The fourth-order valence-electron chi connectivity index (χ4n) is 3.98. The monoisotopic (exact) mass is 381 g/mol. The molecule has 1 amide bonds. The summed E-state index contributed by atoms with van der Waals surface area (Å²) in [5.41, 5.74) is 3.08. The zero-order chi connectivity index (χ0) is 18.4. The average molecular weight is 381 g/mol. The lowest BCUT2D eigenvalue weighted by Crippen LogP contribution is -2.44. The lowest BCUT2D eigenvalue weighted by molar-refractivity contribution is -0.113. The molecule has 7 heteroatoms. The van der Waals surface area contributed by atoms with Crippen LogP contribution in [0.2, 0.25) is 0 Å². The number of carbonyl (C=O) groups is 1. The van der Waals surface area contributed by atoms with Gasteiger partial charge in [-0.05, 0) is 48.7 Å². The Labute approximate surface area is 161 Å². The normalized spacial score (nSPS) is 22.6. The number of piperidine rings is 1. The quantitative estimate of drug-likeness (QED) is 0.705. The molecular weight excluding hydrogens is 362 g/mol. The minimum Gasteiger partial charge on any atom is -0.365 e. The lowest BCUT2D eigenvalue weighted by atomic mass is 9.84. The summed E-state index contributed by atoms with van der Waals surface area (Å²) in [6, 6.07) is 10.3. The van der Waals surface area contributed by atoms with Crippen LogP contribution in [0.5, 0.6) is 0 Å². The molecule has 138 valence electrons. The topological polar surface area (TPSA) is 67.9 Å². The zero-order valence-corrected chi connectivity index (χ0v) is 15.8. The number of likely N-dealkylation sites (tertiary alicyclic amines) is 1. The van der Waals surface area contributed by atoms with E-state index in [0.29, 0.717) is 17.2 Å². The highest BCUT2D eigenvalue weighted by atomic mass is 32.2. The summed E-state index contributed by atoms with van der Waals surface area (Å²) in [4.78, 5) is 19.3. The molecule has 1 spiro atoms. The molecule has 4 heterocycles. The Morgan fingerprint density at radius 2 is 2.07 bits per heavy atom. The van der Waals surface area contributed by atoms with Crippen molar-refractivity contribution in [2.75, 3.05) is 13.1 Å². The zero-order valence-electron chi connectivity index (χ0n) is 15.0. The van der Waals surface area contributed by atoms with Gasteiger partial charge in [0.15, 0.2) is 5.17 Å². The Bertz CT molecular complexity index is 970. The summed E-state index contributed by atoms with van der Waals surface area (Å²) in [5.74, 6) is 0.509. The van der Waals surface area contributed by atoms with Crippen LogP contribution in [0.15, 0.2) is 44.8 Å². The SMILES string of the molecule is Cc1cc(/C=C2/SC(N3CCC4(CC3)OCc3ccccc34)=NC2=O)no1. The molecule has 3 aliphatic heterocycles. The third kappa shape index (κ3) is 2.91. The number of aliphatic imine (C=N–C) groups is 1. The Morgan fingerprint density at radius 1 is 1.26 bits per heavy atom. The predicted octanol–water partition coefficient (Wildman–Crippen LogP) is 3.47. The number of amides is 1. The predicted molar refractivity (Wildman–Crippen MR) is 103 cm³/mol. The van der Waals surface area contributed by atoms with Gasteiger partial charge in [-0.15, -0.1) is 0 Å². The van der Waals surface area contributed by atoms with E-state index >= 15 is 0 Å². The fourth-order valence-corrected chi connectivity index (χ4v) is 4.93. The summed E-state index contributed by atoms with van der Waals surface area (Å²) in [7, 11) is 0. The standard InChI is InChI=1S/C20H19N3O3S/c1-13-10-15(22-26-13)11-17-18(24)21-19(27-17)23-8-6-20(7-9-23)16-5-3-2-4-14(16)12-25-20/h2-5,10-11H,6-9,12H2,1H3/b17-11+. The first-order valence-electron chi connectivity index (χ1n) is 9.06. The molecule has 0 N–H and O–H groups in total. The highest BCUT2D eigenvalue weighted by molar-refractivity contribution is 8.18. The molecular formula is C20H19N3O3S. The van der Waals surface area contributed by atoms with Crippen LogP contribution < -0.4 is 0 Å². The van der Waals surface area contributed by atoms with Gasteiger partial charge in [-0.3, -0.25) is 4.79 Å². The van der Waals surface area contributed by atoms with Gasteiger partial charge in [0, 0.05) is 19.2 Å². The molecule has 0 unspecified atom stereocenters. The second kappa shape index (κ2) is 6.35. The van der Waals surface area contributed by atoms with Gasteiger partial charge in [0.05, 0.1) is 17.1 Å². The molecule has 1 saturated heterocycles. The molecule has 0 atom stereocenters. The molecule has 0 saturated carbocycles. The van der Waals surface area contributed by atoms with Gasteiger partial charge in [-0.25, -0.2) is 0 Å². The van der Waals surface area contributed by atoms with Crippen molar-refractivity contribution in [3.63, 3.8) is 0 Å². The first-order chi connectivity index (χ1) is 13.1. The van der Waals surface area contributed by atoms with Crippen LogP contribution in [-0.2, 0) is 21.7 Å². The molecule has 0 aliphatic carbocycles. The van der Waals surface area contributed by atoms with E-state index in [1.54, 1.807) is 12.1 Å². The van der Waals surface area contributed by atoms with Crippen molar-refractivity contribution >= 4 is 28.9 Å².